The number of carbonyl (C=O) groups is 1. The molecule has 0 heterocycles. The Kier molecular flexibility index (Phi) is 5.07. The monoisotopic (exact) mass is 303 g/mol. The summed E-state index contributed by atoms with van der Waals surface area (Å²) >= 11 is 3.20. The van der Waals surface area contributed by atoms with Gasteiger partial charge < -0.3 is 20.6 Å². The third-order valence-electron chi connectivity index (χ3n) is 2.34. The molecule has 0 aromatic heterocycles. The number of aromatic carboxylic acids is 1. The maximum atomic E-state index is 11.0. The molecule has 1 rings (SSSR count). The third-order valence-corrected chi connectivity index (χ3v) is 2.83. The van der Waals surface area contributed by atoms with Crippen molar-refractivity contribution >= 4 is 21.9 Å². The smallest absolute Gasteiger partial charge is 0.336 e. The normalized spacial score (nSPS) is 14.4. The molecule has 94 valence electrons. The van der Waals surface area contributed by atoms with Crippen molar-refractivity contribution in [2.45, 2.75) is 12.2 Å². The fraction of sp³-hybridized carbons (Fsp3) is 0.364. The molecule has 0 bridgehead atoms. The average molecular weight is 304 g/mol. The van der Waals surface area contributed by atoms with Crippen LogP contribution in [0.15, 0.2) is 22.7 Å². The van der Waals surface area contributed by atoms with E-state index in [0.717, 1.165) is 0 Å². The van der Waals surface area contributed by atoms with Gasteiger partial charge in [-0.05, 0) is 30.8 Å². The Morgan fingerprint density at radius 2 is 2.12 bits per heavy atom. The molecular weight excluding hydrogens is 290 g/mol. The van der Waals surface area contributed by atoms with Crippen LogP contribution in [0.25, 0.3) is 0 Å². The summed E-state index contributed by atoms with van der Waals surface area (Å²) in [7, 11) is 1.63. The van der Waals surface area contributed by atoms with E-state index in [1.165, 1.54) is 12.1 Å². The number of benzene rings is 1. The van der Waals surface area contributed by atoms with E-state index < -0.39 is 18.2 Å². The molecule has 5 nitrogen and oxygen atoms in total. The average Bonchev–Trinajstić information content (AvgIpc) is 2.27. The van der Waals surface area contributed by atoms with E-state index in [2.05, 4.69) is 21.2 Å². The van der Waals surface area contributed by atoms with Crippen LogP contribution >= 0.6 is 15.9 Å². The van der Waals surface area contributed by atoms with Crippen LogP contribution in [0.3, 0.4) is 0 Å². The largest absolute Gasteiger partial charge is 0.478 e. The zero-order chi connectivity index (χ0) is 13.0. The molecule has 6 heteroatoms. The van der Waals surface area contributed by atoms with Gasteiger partial charge in [-0.2, -0.15) is 0 Å². The summed E-state index contributed by atoms with van der Waals surface area (Å²) in [6, 6.07) is 4.45. The van der Waals surface area contributed by atoms with Gasteiger partial charge in [0.2, 0.25) is 0 Å². The minimum atomic E-state index is -1.24. The summed E-state index contributed by atoms with van der Waals surface area (Å²) < 4.78 is 0.646. The maximum Gasteiger partial charge on any atom is 0.336 e. The van der Waals surface area contributed by atoms with Gasteiger partial charge in [-0.1, -0.05) is 15.9 Å². The van der Waals surface area contributed by atoms with Gasteiger partial charge in [0.25, 0.3) is 0 Å². The predicted molar refractivity (Wildman–Crippen MR) is 66.0 cm³/mol. The quantitative estimate of drug-likeness (QED) is 0.645. The molecule has 0 spiro atoms. The first kappa shape index (κ1) is 14.1. The lowest BCUT2D eigenvalue weighted by molar-refractivity contribution is 0.0191. The molecule has 0 aliphatic rings. The van der Waals surface area contributed by atoms with Crippen molar-refractivity contribution < 1.29 is 20.1 Å². The molecule has 2 unspecified atom stereocenters. The van der Waals surface area contributed by atoms with Crippen LogP contribution in [-0.4, -0.2) is 41.0 Å². The van der Waals surface area contributed by atoms with Gasteiger partial charge in [-0.15, -0.1) is 0 Å². The van der Waals surface area contributed by atoms with E-state index in [9.17, 15) is 15.0 Å². The summed E-state index contributed by atoms with van der Waals surface area (Å²) in [4.78, 5) is 11.0. The first-order valence-electron chi connectivity index (χ1n) is 5.00. The lowest BCUT2D eigenvalue weighted by atomic mass is 9.98. The van der Waals surface area contributed by atoms with Crippen LogP contribution in [0.5, 0.6) is 0 Å². The Morgan fingerprint density at radius 3 is 2.65 bits per heavy atom. The molecule has 17 heavy (non-hydrogen) atoms. The Morgan fingerprint density at radius 1 is 1.47 bits per heavy atom. The van der Waals surface area contributed by atoms with E-state index in [0.29, 0.717) is 4.47 Å². The van der Waals surface area contributed by atoms with Crippen LogP contribution in [0.4, 0.5) is 0 Å². The van der Waals surface area contributed by atoms with Crippen molar-refractivity contribution in [1.82, 2.24) is 5.32 Å². The molecule has 0 fully saturated rings. The summed E-state index contributed by atoms with van der Waals surface area (Å²) in [5.41, 5.74) is 0.172. The van der Waals surface area contributed by atoms with Crippen molar-refractivity contribution in [2.24, 2.45) is 0 Å². The molecule has 0 amide bonds. The van der Waals surface area contributed by atoms with Crippen LogP contribution in [-0.2, 0) is 0 Å². The molecule has 4 N–H and O–H groups in total. The highest BCUT2D eigenvalue weighted by Gasteiger charge is 2.23. The highest BCUT2D eigenvalue weighted by molar-refractivity contribution is 9.10. The second-order valence-electron chi connectivity index (χ2n) is 3.61. The van der Waals surface area contributed by atoms with Gasteiger partial charge >= 0.3 is 5.97 Å². The van der Waals surface area contributed by atoms with Gasteiger partial charge in [-0.3, -0.25) is 0 Å². The number of halogens is 1. The Balaban J connectivity index is 3.10. The fourth-order valence-electron chi connectivity index (χ4n) is 1.50. The van der Waals surface area contributed by atoms with E-state index >= 15 is 0 Å². The van der Waals surface area contributed by atoms with Gasteiger partial charge in [0.05, 0.1) is 11.7 Å². The van der Waals surface area contributed by atoms with Crippen molar-refractivity contribution in [3.63, 3.8) is 0 Å². The van der Waals surface area contributed by atoms with Gasteiger partial charge in [0.1, 0.15) is 6.10 Å². The van der Waals surface area contributed by atoms with E-state index in [1.54, 1.807) is 13.1 Å². The minimum absolute atomic E-state index is 0.0177. The topological polar surface area (TPSA) is 89.8 Å². The lowest BCUT2D eigenvalue weighted by Gasteiger charge is -2.19. The predicted octanol–water partition coefficient (Wildman–Crippen LogP) is 0.761. The molecule has 0 aliphatic heterocycles. The molecular formula is C11H14BrNO4. The number of aliphatic hydroxyl groups excluding tert-OH is 2. The number of nitrogens with one attached hydrogen (secondary N) is 1. The second kappa shape index (κ2) is 6.11. The highest BCUT2D eigenvalue weighted by Crippen LogP contribution is 2.25. The van der Waals surface area contributed by atoms with Crippen molar-refractivity contribution in [3.05, 3.63) is 33.8 Å². The molecule has 2 atom stereocenters. The van der Waals surface area contributed by atoms with Gasteiger partial charge in [0.15, 0.2) is 0 Å². The molecule has 0 aliphatic carbocycles. The number of aliphatic hydroxyl groups is 2. The van der Waals surface area contributed by atoms with Crippen LogP contribution in [0, 0.1) is 0 Å². The first-order chi connectivity index (χ1) is 7.97. The van der Waals surface area contributed by atoms with E-state index in [-0.39, 0.29) is 17.7 Å². The lowest BCUT2D eigenvalue weighted by Crippen LogP contribution is -2.30. The van der Waals surface area contributed by atoms with Crippen molar-refractivity contribution in [1.29, 1.82) is 0 Å². The zero-order valence-corrected chi connectivity index (χ0v) is 10.8. The van der Waals surface area contributed by atoms with Gasteiger partial charge in [-0.25, -0.2) is 4.79 Å². The fourth-order valence-corrected chi connectivity index (χ4v) is 1.88. The molecule has 1 aromatic rings. The number of carboxylic acid groups (broad SMARTS) is 1. The Hall–Kier alpha value is -0.950. The highest BCUT2D eigenvalue weighted by atomic mass is 79.9. The Bertz CT molecular complexity index is 410. The summed E-state index contributed by atoms with van der Waals surface area (Å²) in [5, 5.41) is 31.3. The van der Waals surface area contributed by atoms with Crippen LogP contribution < -0.4 is 5.32 Å². The number of carboxylic acids is 1. The third kappa shape index (κ3) is 3.50. The van der Waals surface area contributed by atoms with Crippen molar-refractivity contribution in [2.75, 3.05) is 13.6 Å². The first-order valence-corrected chi connectivity index (χ1v) is 5.80. The summed E-state index contributed by atoms with van der Waals surface area (Å²) in [5.74, 6) is -1.14. The number of likely N-dealkylation sites (N-methyl/N-ethyl adjacent to an activating group) is 1. The zero-order valence-electron chi connectivity index (χ0n) is 9.22. The van der Waals surface area contributed by atoms with E-state index in [4.69, 9.17) is 5.11 Å². The van der Waals surface area contributed by atoms with Crippen molar-refractivity contribution in [3.8, 4) is 0 Å². The number of rotatable bonds is 5. The standard InChI is InChI=1S/C11H14BrNO4/c1-13-5-9(14)10(15)8-4-6(12)2-3-7(8)11(16)17/h2-4,9-10,13-15H,5H2,1H3,(H,16,17). The SMILES string of the molecule is CNCC(O)C(O)c1cc(Br)ccc1C(=O)O. The molecule has 0 saturated carbocycles. The van der Waals surface area contributed by atoms with Gasteiger partial charge in [0, 0.05) is 11.0 Å². The maximum absolute atomic E-state index is 11.0. The number of hydrogen-bond donors (Lipinski definition) is 4. The van der Waals surface area contributed by atoms with Crippen LogP contribution in [0.2, 0.25) is 0 Å². The Labute approximate surface area is 107 Å². The summed E-state index contributed by atoms with van der Waals surface area (Å²) in [6.07, 6.45) is -2.31. The minimum Gasteiger partial charge on any atom is -0.478 e. The van der Waals surface area contributed by atoms with Crippen LogP contribution in [0.1, 0.15) is 22.0 Å². The number of hydrogen-bond acceptors (Lipinski definition) is 4. The molecule has 0 radical (unpaired) electrons. The van der Waals surface area contributed by atoms with E-state index in [1.807, 2.05) is 0 Å². The second-order valence-corrected chi connectivity index (χ2v) is 4.52. The summed E-state index contributed by atoms with van der Waals surface area (Å²) in [6.45, 7) is 0.173. The molecule has 0 saturated heterocycles. The molecule has 1 aromatic carbocycles.